The average molecular weight is 306 g/mol. The smallest absolute Gasteiger partial charge is 0.260 e. The van der Waals surface area contributed by atoms with Crippen molar-refractivity contribution in [1.29, 1.82) is 0 Å². The number of aliphatic hydroxyl groups is 1. The van der Waals surface area contributed by atoms with Crippen LogP contribution in [0.1, 0.15) is 16.1 Å². The second kappa shape index (κ2) is 5.62. The van der Waals surface area contributed by atoms with Gasteiger partial charge < -0.3 is 21.1 Å². The van der Waals surface area contributed by atoms with E-state index >= 15 is 0 Å². The number of nitrogens with zero attached hydrogens (tertiary/aromatic N) is 4. The number of nitrogens with two attached hydrogens (primary N) is 1. The minimum atomic E-state index is -0.508. The molecule has 1 aliphatic heterocycles. The Kier molecular flexibility index (Phi) is 3.67. The first-order chi connectivity index (χ1) is 10.1. The molecule has 0 radical (unpaired) electrons. The van der Waals surface area contributed by atoms with Crippen molar-refractivity contribution in [3.63, 3.8) is 0 Å². The lowest BCUT2D eigenvalue weighted by atomic mass is 10.3. The number of amides is 1. The van der Waals surface area contributed by atoms with Gasteiger partial charge in [-0.15, -0.1) is 0 Å². The minimum Gasteiger partial charge on any atom is -0.391 e. The van der Waals surface area contributed by atoms with E-state index in [0.29, 0.717) is 28.2 Å². The third-order valence-electron chi connectivity index (χ3n) is 3.09. The third kappa shape index (κ3) is 3.09. The number of carbonyl (C=O) groups is 1. The first-order valence-corrected chi connectivity index (χ1v) is 7.21. The van der Waals surface area contributed by atoms with Gasteiger partial charge in [-0.25, -0.2) is 9.97 Å². The van der Waals surface area contributed by atoms with E-state index in [2.05, 4.69) is 20.3 Å². The second-order valence-corrected chi connectivity index (χ2v) is 5.70. The molecule has 1 atom stereocenters. The van der Waals surface area contributed by atoms with Gasteiger partial charge in [-0.2, -0.15) is 0 Å². The zero-order valence-electron chi connectivity index (χ0n) is 11.1. The summed E-state index contributed by atoms with van der Waals surface area (Å²) in [6.07, 6.45) is 5.05. The highest BCUT2D eigenvalue weighted by atomic mass is 32.1. The van der Waals surface area contributed by atoms with Gasteiger partial charge in [-0.3, -0.25) is 9.78 Å². The number of primary amides is 1. The standard InChI is InChI=1S/C12H14N6O2S/c13-11(20)8-3-15-12(21-8)17-9-4-14-5-10(16-9)18-2-1-7(19)6-18/h3-5,7,19H,1-2,6H2,(H2,13,20)(H,15,16,17). The van der Waals surface area contributed by atoms with Gasteiger partial charge in [0.05, 0.1) is 24.7 Å². The van der Waals surface area contributed by atoms with E-state index in [1.807, 2.05) is 4.90 Å². The first kappa shape index (κ1) is 13.7. The molecule has 9 heteroatoms. The highest BCUT2D eigenvalue weighted by molar-refractivity contribution is 7.17. The Bertz CT molecular complexity index is 661. The number of anilines is 3. The van der Waals surface area contributed by atoms with Crippen LogP contribution in [-0.2, 0) is 0 Å². The molecular formula is C12H14N6O2S. The van der Waals surface area contributed by atoms with Crippen molar-refractivity contribution in [3.8, 4) is 0 Å². The summed E-state index contributed by atoms with van der Waals surface area (Å²) in [7, 11) is 0. The number of thiazole rings is 1. The normalized spacial score (nSPS) is 18.0. The molecule has 2 aromatic rings. The molecule has 0 saturated carbocycles. The number of hydrogen-bond donors (Lipinski definition) is 3. The summed E-state index contributed by atoms with van der Waals surface area (Å²) in [6, 6.07) is 0. The average Bonchev–Trinajstić information content (AvgIpc) is 3.08. The molecule has 2 aromatic heterocycles. The van der Waals surface area contributed by atoms with E-state index in [1.54, 1.807) is 12.4 Å². The highest BCUT2D eigenvalue weighted by Gasteiger charge is 2.21. The van der Waals surface area contributed by atoms with Gasteiger partial charge in [0.25, 0.3) is 5.91 Å². The highest BCUT2D eigenvalue weighted by Crippen LogP contribution is 2.23. The topological polar surface area (TPSA) is 117 Å². The van der Waals surface area contributed by atoms with E-state index in [9.17, 15) is 9.90 Å². The maximum atomic E-state index is 11.0. The summed E-state index contributed by atoms with van der Waals surface area (Å²) < 4.78 is 0. The van der Waals surface area contributed by atoms with E-state index in [4.69, 9.17) is 5.73 Å². The Morgan fingerprint density at radius 1 is 1.48 bits per heavy atom. The Morgan fingerprint density at radius 2 is 2.33 bits per heavy atom. The molecule has 0 spiro atoms. The van der Waals surface area contributed by atoms with Gasteiger partial charge in [0.1, 0.15) is 10.7 Å². The molecule has 3 rings (SSSR count). The summed E-state index contributed by atoms with van der Waals surface area (Å²) in [4.78, 5) is 26.0. The number of rotatable bonds is 4. The Hall–Kier alpha value is -2.26. The van der Waals surface area contributed by atoms with E-state index in [-0.39, 0.29) is 6.10 Å². The maximum Gasteiger partial charge on any atom is 0.260 e. The van der Waals surface area contributed by atoms with Crippen LogP contribution in [0.15, 0.2) is 18.6 Å². The number of aliphatic hydroxyl groups excluding tert-OH is 1. The number of nitrogens with one attached hydrogen (secondary N) is 1. The first-order valence-electron chi connectivity index (χ1n) is 6.39. The van der Waals surface area contributed by atoms with Crippen LogP contribution in [0.25, 0.3) is 0 Å². The summed E-state index contributed by atoms with van der Waals surface area (Å²) in [5, 5.41) is 13.1. The largest absolute Gasteiger partial charge is 0.391 e. The van der Waals surface area contributed by atoms with Gasteiger partial charge in [0.2, 0.25) is 0 Å². The van der Waals surface area contributed by atoms with Gasteiger partial charge >= 0.3 is 0 Å². The van der Waals surface area contributed by atoms with Gasteiger partial charge in [0.15, 0.2) is 10.9 Å². The van der Waals surface area contributed by atoms with E-state index in [0.717, 1.165) is 24.3 Å². The maximum absolute atomic E-state index is 11.0. The number of β-amino-alcohol motifs (C(OH)–C–C–N with tert-alkyl or cyclic N) is 1. The molecule has 1 fully saturated rings. The number of hydrogen-bond acceptors (Lipinski definition) is 8. The molecule has 4 N–H and O–H groups in total. The van der Waals surface area contributed by atoms with Gasteiger partial charge in [0, 0.05) is 13.1 Å². The fourth-order valence-electron chi connectivity index (χ4n) is 2.07. The van der Waals surface area contributed by atoms with Crippen LogP contribution in [-0.4, -0.2) is 45.2 Å². The molecule has 1 aliphatic rings. The molecule has 1 saturated heterocycles. The molecule has 8 nitrogen and oxygen atoms in total. The number of carbonyl (C=O) groups excluding carboxylic acids is 1. The molecule has 1 amide bonds. The summed E-state index contributed by atoms with van der Waals surface area (Å²) in [6.45, 7) is 1.31. The molecule has 21 heavy (non-hydrogen) atoms. The van der Waals surface area contributed by atoms with Crippen molar-refractivity contribution in [2.24, 2.45) is 5.73 Å². The minimum absolute atomic E-state index is 0.319. The van der Waals surface area contributed by atoms with Crippen LogP contribution in [0.2, 0.25) is 0 Å². The molecule has 0 bridgehead atoms. The van der Waals surface area contributed by atoms with Crippen LogP contribution in [0.3, 0.4) is 0 Å². The molecule has 110 valence electrons. The molecular weight excluding hydrogens is 292 g/mol. The quantitative estimate of drug-likeness (QED) is 0.746. The van der Waals surface area contributed by atoms with Crippen molar-refractivity contribution in [2.75, 3.05) is 23.3 Å². The summed E-state index contributed by atoms with van der Waals surface area (Å²) in [5.74, 6) is 0.717. The lowest BCUT2D eigenvalue weighted by molar-refractivity contribution is 0.100. The van der Waals surface area contributed by atoms with Crippen LogP contribution in [0, 0.1) is 0 Å². The molecule has 0 aliphatic carbocycles. The summed E-state index contributed by atoms with van der Waals surface area (Å²) >= 11 is 1.16. The predicted octanol–water partition coefficient (Wildman–Crippen LogP) is 0.347. The SMILES string of the molecule is NC(=O)c1cnc(Nc2cncc(N3CCC(O)C3)n2)s1. The fourth-order valence-corrected chi connectivity index (χ4v) is 2.75. The third-order valence-corrected chi connectivity index (χ3v) is 4.02. The van der Waals surface area contributed by atoms with Crippen molar-refractivity contribution in [3.05, 3.63) is 23.5 Å². The van der Waals surface area contributed by atoms with Crippen molar-refractivity contribution < 1.29 is 9.90 Å². The summed E-state index contributed by atoms with van der Waals surface area (Å²) in [5.41, 5.74) is 5.19. The molecule has 1 unspecified atom stereocenters. The van der Waals surface area contributed by atoms with E-state index < -0.39 is 5.91 Å². The van der Waals surface area contributed by atoms with Crippen molar-refractivity contribution in [1.82, 2.24) is 15.0 Å². The monoisotopic (exact) mass is 306 g/mol. The van der Waals surface area contributed by atoms with E-state index in [1.165, 1.54) is 6.20 Å². The molecule has 0 aromatic carbocycles. The predicted molar refractivity (Wildman–Crippen MR) is 78.8 cm³/mol. The van der Waals surface area contributed by atoms with Crippen LogP contribution < -0.4 is 16.0 Å². The zero-order chi connectivity index (χ0) is 14.8. The van der Waals surface area contributed by atoms with Gasteiger partial charge in [-0.1, -0.05) is 11.3 Å². The Labute approximate surface area is 124 Å². The van der Waals surface area contributed by atoms with Crippen LogP contribution >= 0.6 is 11.3 Å². The lowest BCUT2D eigenvalue weighted by Crippen LogP contribution is -2.22. The van der Waals surface area contributed by atoms with Crippen LogP contribution in [0.5, 0.6) is 0 Å². The lowest BCUT2D eigenvalue weighted by Gasteiger charge is -2.16. The van der Waals surface area contributed by atoms with Crippen LogP contribution in [0.4, 0.5) is 16.8 Å². The van der Waals surface area contributed by atoms with Gasteiger partial charge in [-0.05, 0) is 6.42 Å². The number of aromatic nitrogens is 3. The van der Waals surface area contributed by atoms with Crippen molar-refractivity contribution >= 4 is 34.0 Å². The zero-order valence-corrected chi connectivity index (χ0v) is 11.9. The fraction of sp³-hybridized carbons (Fsp3) is 0.333. The van der Waals surface area contributed by atoms with Crippen molar-refractivity contribution in [2.45, 2.75) is 12.5 Å². The second-order valence-electron chi connectivity index (χ2n) is 4.67. The Balaban J connectivity index is 1.75. The Morgan fingerprint density at radius 3 is 3.00 bits per heavy atom. The molecule has 3 heterocycles.